The third kappa shape index (κ3) is 5.65. The van der Waals surface area contributed by atoms with Gasteiger partial charge in [-0.3, -0.25) is 4.79 Å². The standard InChI is InChI=1S/C12H22O2.Zr/c1-7-12(5,6)10(14)8-9(13)11(2,3)4;/h8,13H,7H2,1-6H3;/p+1/b9-8-;. The zero-order valence-corrected chi connectivity index (χ0v) is 13.1. The van der Waals surface area contributed by atoms with Crippen molar-refractivity contribution in [1.29, 1.82) is 0 Å². The Morgan fingerprint density at radius 2 is 1.60 bits per heavy atom. The van der Waals surface area contributed by atoms with Crippen LogP contribution >= 0.6 is 0 Å². The first-order valence-electron chi connectivity index (χ1n) is 5.09. The molecular weight excluding hydrogens is 267 g/mol. The van der Waals surface area contributed by atoms with E-state index in [0.717, 1.165) is 6.42 Å². The van der Waals surface area contributed by atoms with E-state index in [9.17, 15) is 9.90 Å². The second-order valence-electron chi connectivity index (χ2n) is 5.40. The molecule has 0 aliphatic heterocycles. The Morgan fingerprint density at radius 3 is 1.87 bits per heavy atom. The normalized spacial score (nSPS) is 13.3. The molecule has 0 spiro atoms. The predicted molar refractivity (Wildman–Crippen MR) is 61.2 cm³/mol. The molecule has 0 bridgehead atoms. The molecule has 0 aromatic heterocycles. The first-order chi connectivity index (χ1) is 6.11. The summed E-state index contributed by atoms with van der Waals surface area (Å²) in [5.41, 5.74) is -0.572. The van der Waals surface area contributed by atoms with Gasteiger partial charge in [-0.2, -0.15) is 0 Å². The number of hydrogen-bond donors (Lipinski definition) is 1. The number of ketones is 1. The van der Waals surface area contributed by atoms with Crippen molar-refractivity contribution in [2.24, 2.45) is 10.8 Å². The van der Waals surface area contributed by atoms with Crippen molar-refractivity contribution in [3.8, 4) is 0 Å². The molecule has 0 heterocycles. The molecule has 0 radical (unpaired) electrons. The number of hydrogen-bond acceptors (Lipinski definition) is 1. The molecule has 86 valence electrons. The van der Waals surface area contributed by atoms with Crippen LogP contribution in [0.1, 0.15) is 48.0 Å². The van der Waals surface area contributed by atoms with Crippen LogP contribution in [0.2, 0.25) is 0 Å². The number of carbonyl (C=O) groups excluding carboxylic acids is 1. The average Bonchev–Trinajstić information content (AvgIpc) is 2.02. The van der Waals surface area contributed by atoms with E-state index in [1.165, 1.54) is 6.08 Å². The summed E-state index contributed by atoms with van der Waals surface area (Å²) in [5, 5.41) is 9.70. The van der Waals surface area contributed by atoms with Crippen molar-refractivity contribution >= 4 is 5.78 Å². The zero-order chi connectivity index (χ0) is 11.6. The number of aliphatic hydroxyl groups is 1. The van der Waals surface area contributed by atoms with Crippen molar-refractivity contribution in [2.45, 2.75) is 48.0 Å². The third-order valence-corrected chi connectivity index (χ3v) is 2.62. The Hall–Kier alpha value is 0.0931. The van der Waals surface area contributed by atoms with Crippen LogP contribution in [0.25, 0.3) is 0 Å². The summed E-state index contributed by atoms with van der Waals surface area (Å²) in [6.45, 7) is 11.6. The number of allylic oxidation sites excluding steroid dienone is 2. The molecule has 2 N–H and O–H groups in total. The van der Waals surface area contributed by atoms with Gasteiger partial charge in [-0.05, 0) is 20.3 Å². The summed E-state index contributed by atoms with van der Waals surface area (Å²) in [4.78, 5) is 9.79. The van der Waals surface area contributed by atoms with Crippen LogP contribution in [-0.4, -0.2) is 15.7 Å². The van der Waals surface area contributed by atoms with Gasteiger partial charge in [-0.25, -0.2) is 0 Å². The Balaban J connectivity index is 0. The van der Waals surface area contributed by atoms with Crippen molar-refractivity contribution in [1.82, 2.24) is 0 Å². The fourth-order valence-corrected chi connectivity index (χ4v) is 0.722. The van der Waals surface area contributed by atoms with E-state index in [4.69, 9.17) is 0 Å². The Labute approximate surface area is 112 Å². The van der Waals surface area contributed by atoms with Crippen molar-refractivity contribution in [3.05, 3.63) is 11.8 Å². The summed E-state index contributed by atoms with van der Waals surface area (Å²) in [6.07, 6.45) is 2.32. The molecular formula is C12H23O2Zr+. The summed E-state index contributed by atoms with van der Waals surface area (Å²) in [5.74, 6) is 0.462. The second kappa shape index (κ2) is 5.98. The van der Waals surface area contributed by atoms with Crippen LogP contribution in [0.5, 0.6) is 0 Å². The van der Waals surface area contributed by atoms with E-state index < -0.39 is 0 Å². The quantitative estimate of drug-likeness (QED) is 0.483. The maximum Gasteiger partial charge on any atom is 0.325 e. The Bertz CT molecular complexity index is 247. The molecule has 0 atom stereocenters. The smallest absolute Gasteiger partial charge is 0.325 e. The van der Waals surface area contributed by atoms with Crippen molar-refractivity contribution in [2.75, 3.05) is 0 Å². The van der Waals surface area contributed by atoms with E-state index in [1.807, 2.05) is 41.5 Å². The molecule has 0 saturated heterocycles. The van der Waals surface area contributed by atoms with E-state index in [0.29, 0.717) is 0 Å². The van der Waals surface area contributed by atoms with Crippen molar-refractivity contribution < 1.29 is 36.1 Å². The largest absolute Gasteiger partial charge is 0.511 e. The van der Waals surface area contributed by atoms with Gasteiger partial charge in [0.15, 0.2) is 0 Å². The van der Waals surface area contributed by atoms with E-state index >= 15 is 0 Å². The third-order valence-electron chi connectivity index (χ3n) is 2.62. The Kier molecular flexibility index (Phi) is 6.98. The molecule has 3 heteroatoms. The Morgan fingerprint density at radius 1 is 1.20 bits per heavy atom. The summed E-state index contributed by atoms with van der Waals surface area (Å²) in [7, 11) is 0. The summed E-state index contributed by atoms with van der Waals surface area (Å²) >= 11 is 0. The van der Waals surface area contributed by atoms with Gasteiger partial charge in [0.05, 0.1) is 11.5 Å². The van der Waals surface area contributed by atoms with Crippen LogP contribution in [0.4, 0.5) is 0 Å². The topological polar surface area (TPSA) is 41.6 Å². The maximum absolute atomic E-state index is 9.79. The molecule has 0 aromatic carbocycles. The van der Waals surface area contributed by atoms with Crippen LogP contribution in [-0.2, 0) is 26.2 Å². The van der Waals surface area contributed by atoms with E-state index in [2.05, 4.69) is 0 Å². The van der Waals surface area contributed by atoms with Gasteiger partial charge in [0, 0.05) is 31.6 Å². The van der Waals surface area contributed by atoms with E-state index in [-0.39, 0.29) is 48.6 Å². The molecule has 15 heavy (non-hydrogen) atoms. The monoisotopic (exact) mass is 289 g/mol. The van der Waals surface area contributed by atoms with Gasteiger partial charge in [0.1, 0.15) is 5.76 Å². The van der Waals surface area contributed by atoms with Crippen LogP contribution < -0.4 is 0 Å². The van der Waals surface area contributed by atoms with Gasteiger partial charge >= 0.3 is 5.78 Å². The van der Waals surface area contributed by atoms with Gasteiger partial charge in [-0.15, -0.1) is 0 Å². The fourth-order valence-electron chi connectivity index (χ4n) is 0.722. The minimum atomic E-state index is -0.308. The van der Waals surface area contributed by atoms with Gasteiger partial charge in [-0.1, -0.05) is 27.7 Å². The van der Waals surface area contributed by atoms with Crippen molar-refractivity contribution in [3.63, 3.8) is 0 Å². The molecule has 0 aliphatic rings. The molecule has 2 nitrogen and oxygen atoms in total. The number of aliphatic hydroxyl groups excluding tert-OH is 1. The zero-order valence-electron chi connectivity index (χ0n) is 10.7. The van der Waals surface area contributed by atoms with Crippen LogP contribution in [0.15, 0.2) is 11.8 Å². The first kappa shape index (κ1) is 17.5. The van der Waals surface area contributed by atoms with Gasteiger partial charge in [0.25, 0.3) is 0 Å². The molecule has 0 amide bonds. The minimum Gasteiger partial charge on any atom is -0.511 e. The van der Waals surface area contributed by atoms with E-state index in [1.54, 1.807) is 0 Å². The van der Waals surface area contributed by atoms with Gasteiger partial charge < -0.3 is 5.11 Å². The molecule has 0 fully saturated rings. The van der Waals surface area contributed by atoms with Crippen LogP contribution in [0.3, 0.4) is 0 Å². The SMILES string of the molecule is CCC(C)(C)C(=[OH+])/C=C(\O)C(C)(C)C.[Zr]. The molecule has 0 rings (SSSR count). The molecule has 0 saturated carbocycles. The first-order valence-corrected chi connectivity index (χ1v) is 5.09. The maximum atomic E-state index is 9.79. The summed E-state index contributed by atoms with van der Waals surface area (Å²) < 4.78 is 0. The van der Waals surface area contributed by atoms with Gasteiger partial charge in [0.2, 0.25) is 0 Å². The number of rotatable bonds is 3. The minimum absolute atomic E-state index is 0. The fraction of sp³-hybridized carbons (Fsp3) is 0.750. The average molecular weight is 291 g/mol. The molecule has 0 aromatic rings. The molecule has 0 unspecified atom stereocenters. The predicted octanol–water partition coefficient (Wildman–Crippen LogP) is 3.45. The molecule has 0 aliphatic carbocycles. The van der Waals surface area contributed by atoms with Crippen LogP contribution in [0, 0.1) is 10.8 Å². The second-order valence-corrected chi connectivity index (χ2v) is 5.40. The summed E-state index contributed by atoms with van der Waals surface area (Å²) in [6, 6.07) is 0.